The van der Waals surface area contributed by atoms with Gasteiger partial charge in [-0.25, -0.2) is 14.8 Å². The number of hydrogen-bond acceptors (Lipinski definition) is 15. The van der Waals surface area contributed by atoms with Crippen LogP contribution in [0.25, 0.3) is 0 Å². The molecule has 2 aliphatic rings. The molecule has 2 aliphatic heterocycles. The van der Waals surface area contributed by atoms with Crippen molar-refractivity contribution < 1.29 is 33.5 Å². The Labute approximate surface area is 239 Å². The van der Waals surface area contributed by atoms with Crippen LogP contribution in [0.3, 0.4) is 0 Å². The number of amides is 2. The van der Waals surface area contributed by atoms with Crippen LogP contribution >= 0.6 is 46.4 Å². The van der Waals surface area contributed by atoms with Crippen LogP contribution in [-0.4, -0.2) is 85.5 Å². The Bertz CT molecular complexity index is 1290. The summed E-state index contributed by atoms with van der Waals surface area (Å²) >= 11 is 5.26. The standard InChI is InChI=1S/C22H24N6O7S4/c1-22(2,3)20(32)35-10-34-19(31)15-11(6-38-21-23-8-25-39-21)5-37-18-14(17(30)28(15)18)26-16(29)13(27-33-4)12-7-36-9-24-12/h7-9,14,18H,5-6,10H2,1-4H3,(H,26,29)/b27-13-/t14?,18-/m1/s1. The van der Waals surface area contributed by atoms with Crippen molar-refractivity contribution in [3.63, 3.8) is 0 Å². The number of nitrogens with zero attached hydrogens (tertiary/aromatic N) is 5. The Kier molecular flexibility index (Phi) is 9.24. The van der Waals surface area contributed by atoms with E-state index < -0.39 is 47.4 Å². The number of thioether (sulfide) groups is 2. The van der Waals surface area contributed by atoms with Gasteiger partial charge in [0, 0.05) is 16.9 Å². The van der Waals surface area contributed by atoms with Crippen LogP contribution in [0.4, 0.5) is 0 Å². The van der Waals surface area contributed by atoms with Crippen molar-refractivity contribution in [2.24, 2.45) is 10.6 Å². The lowest BCUT2D eigenvalue weighted by Crippen LogP contribution is -2.71. The Morgan fingerprint density at radius 3 is 2.69 bits per heavy atom. The molecule has 13 nitrogen and oxygen atoms in total. The van der Waals surface area contributed by atoms with Gasteiger partial charge in [0.25, 0.3) is 11.8 Å². The van der Waals surface area contributed by atoms with Crippen molar-refractivity contribution in [2.45, 2.75) is 36.5 Å². The highest BCUT2D eigenvalue weighted by Crippen LogP contribution is 2.42. The van der Waals surface area contributed by atoms with Crippen LogP contribution in [0.5, 0.6) is 0 Å². The van der Waals surface area contributed by atoms with Gasteiger partial charge in [0.2, 0.25) is 6.79 Å². The largest absolute Gasteiger partial charge is 0.427 e. The highest BCUT2D eigenvalue weighted by molar-refractivity contribution is 8.01. The normalized spacial score (nSPS) is 19.2. The maximum absolute atomic E-state index is 13.3. The third kappa shape index (κ3) is 6.59. The van der Waals surface area contributed by atoms with E-state index in [-0.39, 0.29) is 11.4 Å². The second-order valence-electron chi connectivity index (χ2n) is 9.04. The van der Waals surface area contributed by atoms with Crippen molar-refractivity contribution in [2.75, 3.05) is 25.4 Å². The highest BCUT2D eigenvalue weighted by atomic mass is 32.2. The second-order valence-corrected chi connectivity index (χ2v) is 12.9. The lowest BCUT2D eigenvalue weighted by Gasteiger charge is -2.49. The molecular weight excluding hydrogens is 589 g/mol. The zero-order valence-electron chi connectivity index (χ0n) is 21.2. The first-order valence-corrected chi connectivity index (χ1v) is 15.1. The van der Waals surface area contributed by atoms with Gasteiger partial charge in [0.15, 0.2) is 10.1 Å². The number of hydrogen-bond donors (Lipinski definition) is 1. The topological polar surface area (TPSA) is 162 Å². The van der Waals surface area contributed by atoms with Gasteiger partial charge in [-0.15, -0.1) is 23.1 Å². The van der Waals surface area contributed by atoms with Gasteiger partial charge in [0.05, 0.1) is 10.9 Å². The zero-order valence-corrected chi connectivity index (χ0v) is 24.5. The molecule has 17 heteroatoms. The molecule has 0 saturated carbocycles. The fourth-order valence-corrected chi connectivity index (χ4v) is 6.88. The summed E-state index contributed by atoms with van der Waals surface area (Å²) in [5.41, 5.74) is 1.71. The summed E-state index contributed by atoms with van der Waals surface area (Å²) in [6.45, 7) is 4.43. The predicted octanol–water partition coefficient (Wildman–Crippen LogP) is 1.88. The minimum atomic E-state index is -0.915. The average molecular weight is 613 g/mol. The van der Waals surface area contributed by atoms with Crippen LogP contribution in [0.15, 0.2) is 38.0 Å². The number of oxime groups is 1. The monoisotopic (exact) mass is 612 g/mol. The summed E-state index contributed by atoms with van der Waals surface area (Å²) in [6, 6.07) is -0.915. The number of β-lactam (4-membered cyclic amide) rings is 1. The third-order valence-electron chi connectivity index (χ3n) is 5.30. The van der Waals surface area contributed by atoms with Gasteiger partial charge in [0.1, 0.15) is 36.2 Å². The molecule has 208 valence electrons. The van der Waals surface area contributed by atoms with Gasteiger partial charge in [-0.2, -0.15) is 4.37 Å². The second kappa shape index (κ2) is 12.4. The Balaban J connectivity index is 1.50. The van der Waals surface area contributed by atoms with E-state index in [2.05, 4.69) is 24.8 Å². The van der Waals surface area contributed by atoms with Gasteiger partial charge in [-0.05, 0) is 37.9 Å². The number of thiazole rings is 1. The molecule has 1 fully saturated rings. The Morgan fingerprint density at radius 1 is 1.26 bits per heavy atom. The van der Waals surface area contributed by atoms with Crippen LogP contribution in [0.1, 0.15) is 26.5 Å². The summed E-state index contributed by atoms with van der Waals surface area (Å²) < 4.78 is 15.0. The molecule has 2 aromatic rings. The number of nitrogens with one attached hydrogen (secondary N) is 1. The minimum absolute atomic E-state index is 0.0587. The maximum Gasteiger partial charge on any atom is 0.357 e. The fraction of sp³-hybridized carbons (Fsp3) is 0.455. The van der Waals surface area contributed by atoms with Crippen molar-refractivity contribution in [3.8, 4) is 0 Å². The van der Waals surface area contributed by atoms with Crippen LogP contribution in [0.2, 0.25) is 0 Å². The number of rotatable bonds is 10. The van der Waals surface area contributed by atoms with Crippen molar-refractivity contribution in [3.05, 3.63) is 34.2 Å². The van der Waals surface area contributed by atoms with E-state index in [0.29, 0.717) is 27.1 Å². The van der Waals surface area contributed by atoms with Crippen molar-refractivity contribution in [1.29, 1.82) is 0 Å². The van der Waals surface area contributed by atoms with E-state index in [1.165, 1.54) is 64.7 Å². The lowest BCUT2D eigenvalue weighted by atomic mass is 9.98. The third-order valence-corrected chi connectivity index (χ3v) is 9.11. The smallest absolute Gasteiger partial charge is 0.357 e. The molecule has 0 aromatic carbocycles. The number of carbonyl (C=O) groups is 4. The van der Waals surface area contributed by atoms with Gasteiger partial charge >= 0.3 is 11.9 Å². The van der Waals surface area contributed by atoms with Gasteiger partial charge in [-0.1, -0.05) is 16.9 Å². The minimum Gasteiger partial charge on any atom is -0.427 e. The predicted molar refractivity (Wildman–Crippen MR) is 145 cm³/mol. The molecule has 1 N–H and O–H groups in total. The number of ether oxygens (including phenoxy) is 2. The van der Waals surface area contributed by atoms with Crippen molar-refractivity contribution in [1.82, 2.24) is 24.6 Å². The quantitative estimate of drug-likeness (QED) is 0.104. The van der Waals surface area contributed by atoms with E-state index >= 15 is 0 Å². The van der Waals surface area contributed by atoms with E-state index in [9.17, 15) is 19.2 Å². The van der Waals surface area contributed by atoms with Crippen molar-refractivity contribution >= 4 is 75.9 Å². The van der Waals surface area contributed by atoms with E-state index in [0.717, 1.165) is 0 Å². The average Bonchev–Trinajstić information content (AvgIpc) is 3.62. The summed E-state index contributed by atoms with van der Waals surface area (Å²) in [5, 5.41) is 7.51. The van der Waals surface area contributed by atoms with Crippen LogP contribution < -0.4 is 5.32 Å². The Hall–Kier alpha value is -3.02. The SMILES string of the molecule is CO/N=C(\C(=O)NC1C(=O)N2C(C(=O)OCOC(=O)C(C)(C)C)=C(CSc3ncns3)CS[C@H]12)c1cscn1. The Morgan fingerprint density at radius 2 is 2.05 bits per heavy atom. The summed E-state index contributed by atoms with van der Waals surface area (Å²) in [5.74, 6) is -1.73. The first kappa shape index (κ1) is 29.0. The molecule has 0 spiro atoms. The molecule has 39 heavy (non-hydrogen) atoms. The lowest BCUT2D eigenvalue weighted by molar-refractivity contribution is -0.173. The maximum atomic E-state index is 13.3. The molecule has 2 aromatic heterocycles. The zero-order chi connectivity index (χ0) is 28.2. The highest BCUT2D eigenvalue weighted by Gasteiger charge is 2.54. The van der Waals surface area contributed by atoms with Crippen LogP contribution in [-0.2, 0) is 33.5 Å². The molecule has 0 bridgehead atoms. The first-order chi connectivity index (χ1) is 18.6. The van der Waals surface area contributed by atoms with E-state index in [1.807, 2.05) is 0 Å². The molecule has 4 heterocycles. The molecule has 0 radical (unpaired) electrons. The first-order valence-electron chi connectivity index (χ1n) is 11.3. The molecule has 2 amide bonds. The van der Waals surface area contributed by atoms with Gasteiger partial charge in [-0.3, -0.25) is 19.3 Å². The molecule has 1 saturated heterocycles. The van der Waals surface area contributed by atoms with Crippen LogP contribution in [0, 0.1) is 5.41 Å². The van der Waals surface area contributed by atoms with Gasteiger partial charge < -0.3 is 19.6 Å². The molecular formula is C22H24N6O7S4. The molecule has 0 aliphatic carbocycles. The summed E-state index contributed by atoms with van der Waals surface area (Å²) in [7, 11) is 1.30. The number of carbonyl (C=O) groups excluding carboxylic acids is 4. The molecule has 4 rings (SSSR count). The number of fused-ring (bicyclic) bond motifs is 1. The van der Waals surface area contributed by atoms with E-state index in [1.54, 1.807) is 31.7 Å². The van der Waals surface area contributed by atoms with E-state index in [4.69, 9.17) is 14.3 Å². The number of esters is 2. The summed E-state index contributed by atoms with van der Waals surface area (Å²) in [4.78, 5) is 65.8. The fourth-order valence-electron chi connectivity index (χ4n) is 3.41. The number of aromatic nitrogens is 3. The molecule has 2 atom stereocenters. The molecule has 1 unspecified atom stereocenters. The summed E-state index contributed by atoms with van der Waals surface area (Å²) in [6.07, 6.45) is 1.44.